The third-order valence-electron chi connectivity index (χ3n) is 8.50. The lowest BCUT2D eigenvalue weighted by Crippen LogP contribution is -2.01. The number of ether oxygens (including phenoxy) is 2. The van der Waals surface area contributed by atoms with Crippen molar-refractivity contribution in [1.82, 2.24) is 19.9 Å². The first-order chi connectivity index (χ1) is 21.1. The summed E-state index contributed by atoms with van der Waals surface area (Å²) < 4.78 is 9.81. The number of methoxy groups -OCH3 is 2. The van der Waals surface area contributed by atoms with E-state index in [9.17, 15) is 19.8 Å². The van der Waals surface area contributed by atoms with Crippen LogP contribution >= 0.6 is 0 Å². The topological polar surface area (TPSA) is 150 Å². The molecule has 0 saturated carbocycles. The van der Waals surface area contributed by atoms with E-state index in [1.165, 1.54) is 14.2 Å². The highest BCUT2D eigenvalue weighted by Gasteiger charge is 2.22. The SMILES string of the molecule is COC(=O)CCC1=C(C)c2cc3[nH]c(cc4[nH]c(cc5nc(cc1n2)C(CCC(=O)OC)=C5C)/c(=C\O)c4C)/c(=C\O)c3C. The van der Waals surface area contributed by atoms with Gasteiger partial charge in [0, 0.05) is 34.3 Å². The van der Waals surface area contributed by atoms with Crippen molar-refractivity contribution in [3.8, 4) is 0 Å². The predicted octanol–water partition coefficient (Wildman–Crippen LogP) is 5.29. The molecular weight excluding hydrogens is 560 g/mol. The summed E-state index contributed by atoms with van der Waals surface area (Å²) in [7, 11) is 2.73. The van der Waals surface area contributed by atoms with Gasteiger partial charge < -0.3 is 29.7 Å². The van der Waals surface area contributed by atoms with Crippen LogP contribution < -0.4 is 10.4 Å². The molecule has 5 rings (SSSR count). The van der Waals surface area contributed by atoms with Gasteiger partial charge in [0.1, 0.15) is 0 Å². The molecule has 8 bridgehead atoms. The first-order valence-corrected chi connectivity index (χ1v) is 14.3. The molecule has 10 heteroatoms. The zero-order valence-electron chi connectivity index (χ0n) is 25.7. The molecule has 0 fully saturated rings. The van der Waals surface area contributed by atoms with Gasteiger partial charge in [0.2, 0.25) is 0 Å². The number of carbonyl (C=O) groups is 2. The highest BCUT2D eigenvalue weighted by Crippen LogP contribution is 2.37. The Bertz CT molecular complexity index is 2050. The van der Waals surface area contributed by atoms with E-state index < -0.39 is 0 Å². The second-order valence-corrected chi connectivity index (χ2v) is 10.9. The summed E-state index contributed by atoms with van der Waals surface area (Å²) in [6.07, 6.45) is 3.34. The molecule has 0 spiro atoms. The van der Waals surface area contributed by atoms with Crippen LogP contribution in [-0.4, -0.2) is 56.3 Å². The number of aliphatic hydroxyl groups excluding tert-OH is 2. The molecule has 0 amide bonds. The third-order valence-corrected chi connectivity index (χ3v) is 8.50. The maximum Gasteiger partial charge on any atom is 0.305 e. The van der Waals surface area contributed by atoms with Gasteiger partial charge in [0.05, 0.1) is 60.6 Å². The van der Waals surface area contributed by atoms with Gasteiger partial charge in [0.15, 0.2) is 0 Å². The molecule has 2 aliphatic heterocycles. The summed E-state index contributed by atoms with van der Waals surface area (Å²) in [5.74, 6) is -0.644. The number of aliphatic hydroxyl groups is 2. The Labute approximate surface area is 254 Å². The number of fused-ring (bicyclic) bond motifs is 8. The fourth-order valence-electron chi connectivity index (χ4n) is 5.77. The van der Waals surface area contributed by atoms with E-state index in [0.717, 1.165) is 57.0 Å². The summed E-state index contributed by atoms with van der Waals surface area (Å²) in [4.78, 5) is 41.0. The van der Waals surface area contributed by atoms with Crippen molar-refractivity contribution in [2.45, 2.75) is 53.4 Å². The standard InChI is InChI=1S/C34H36N4O6/c1-17-21(7-9-33(41)43-5)29-14-30-22(8-10-34(42)44-6)18(2)27(36-30)12-31-24(16-40)20(4)28(38-31)13-32-23(15-39)19(3)26(37-32)11-25(17)35-29/h11-16,37-40H,7-10H2,1-6H3/b23-15-,24-16-,25-11?,30-14?,31-12?,32-13?. The van der Waals surface area contributed by atoms with Crippen LogP contribution in [0.2, 0.25) is 0 Å². The number of nitrogens with one attached hydrogen (secondary N) is 2. The number of allylic oxidation sites excluding steroid dienone is 4. The molecule has 10 nitrogen and oxygen atoms in total. The number of aryl methyl sites for hydroxylation is 2. The molecule has 2 aliphatic rings. The second-order valence-electron chi connectivity index (χ2n) is 10.9. The van der Waals surface area contributed by atoms with E-state index in [2.05, 4.69) is 9.97 Å². The van der Waals surface area contributed by atoms with Crippen LogP contribution in [0.1, 0.15) is 73.4 Å². The number of hydrogen-bond donors (Lipinski definition) is 4. The maximum absolute atomic E-state index is 12.1. The Morgan fingerprint density at radius 2 is 1.07 bits per heavy atom. The number of rotatable bonds is 6. The molecule has 44 heavy (non-hydrogen) atoms. The minimum Gasteiger partial charge on any atom is -0.515 e. The van der Waals surface area contributed by atoms with E-state index in [1.807, 2.05) is 52.0 Å². The number of H-pyrrole nitrogens is 2. The lowest BCUT2D eigenvalue weighted by Gasteiger charge is -2.06. The van der Waals surface area contributed by atoms with Gasteiger partial charge in [-0.25, -0.2) is 9.97 Å². The minimum absolute atomic E-state index is 0.180. The Morgan fingerprint density at radius 1 is 0.659 bits per heavy atom. The van der Waals surface area contributed by atoms with E-state index in [1.54, 1.807) is 0 Å². The van der Waals surface area contributed by atoms with E-state index >= 15 is 0 Å². The highest BCUT2D eigenvalue weighted by atomic mass is 16.5. The number of nitrogens with zero attached hydrogens (tertiary/aromatic N) is 2. The first kappa shape index (κ1) is 30.3. The van der Waals surface area contributed by atoms with Crippen molar-refractivity contribution in [3.05, 3.63) is 68.6 Å². The summed E-state index contributed by atoms with van der Waals surface area (Å²) in [6, 6.07) is 7.60. The first-order valence-electron chi connectivity index (χ1n) is 14.3. The molecule has 3 aromatic heterocycles. The number of esters is 2. The van der Waals surface area contributed by atoms with Gasteiger partial charge in [0.25, 0.3) is 0 Å². The molecule has 5 heterocycles. The molecule has 0 saturated heterocycles. The van der Waals surface area contributed by atoms with Gasteiger partial charge >= 0.3 is 11.9 Å². The van der Waals surface area contributed by atoms with E-state index in [0.29, 0.717) is 57.1 Å². The smallest absolute Gasteiger partial charge is 0.305 e. The molecular formula is C34H36N4O6. The molecule has 0 radical (unpaired) electrons. The molecule has 0 atom stereocenters. The molecule has 0 aliphatic carbocycles. The quantitative estimate of drug-likeness (QED) is 0.280. The molecule has 4 N–H and O–H groups in total. The maximum atomic E-state index is 12.1. The molecule has 3 aromatic rings. The van der Waals surface area contributed by atoms with Crippen molar-refractivity contribution in [3.63, 3.8) is 0 Å². The van der Waals surface area contributed by atoms with Crippen LogP contribution in [0.3, 0.4) is 0 Å². The van der Waals surface area contributed by atoms with Crippen molar-refractivity contribution < 1.29 is 29.3 Å². The van der Waals surface area contributed by atoms with Crippen molar-refractivity contribution in [2.24, 2.45) is 0 Å². The molecule has 0 aromatic carbocycles. The summed E-state index contributed by atoms with van der Waals surface area (Å²) in [5, 5.41) is 21.6. The van der Waals surface area contributed by atoms with Crippen LogP contribution in [0.15, 0.2) is 24.3 Å². The zero-order chi connectivity index (χ0) is 31.7. The molecule has 0 unspecified atom stereocenters. The number of hydrogen-bond acceptors (Lipinski definition) is 8. The van der Waals surface area contributed by atoms with Crippen LogP contribution in [0.25, 0.3) is 56.9 Å². The lowest BCUT2D eigenvalue weighted by molar-refractivity contribution is -0.141. The van der Waals surface area contributed by atoms with Crippen molar-refractivity contribution >= 4 is 68.8 Å². The average Bonchev–Trinajstić information content (AvgIpc) is 3.67. The fourth-order valence-corrected chi connectivity index (χ4v) is 5.77. The van der Waals surface area contributed by atoms with E-state index in [-0.39, 0.29) is 24.8 Å². The Balaban J connectivity index is 1.91. The average molecular weight is 597 g/mol. The van der Waals surface area contributed by atoms with Crippen LogP contribution in [0, 0.1) is 13.8 Å². The lowest BCUT2D eigenvalue weighted by atomic mass is 9.98. The number of aromatic nitrogens is 4. The largest absolute Gasteiger partial charge is 0.515 e. The van der Waals surface area contributed by atoms with Gasteiger partial charge in [-0.3, -0.25) is 9.59 Å². The van der Waals surface area contributed by atoms with Gasteiger partial charge in [-0.1, -0.05) is 0 Å². The molecule has 228 valence electrons. The number of carbonyl (C=O) groups excluding carboxylic acids is 2. The Hall–Kier alpha value is -5.12. The third kappa shape index (κ3) is 5.50. The number of aromatic amines is 2. The van der Waals surface area contributed by atoms with Crippen LogP contribution in [-0.2, 0) is 19.1 Å². The highest BCUT2D eigenvalue weighted by molar-refractivity contribution is 5.96. The summed E-state index contributed by atoms with van der Waals surface area (Å²) in [6.45, 7) is 7.74. The van der Waals surface area contributed by atoms with Crippen LogP contribution in [0.5, 0.6) is 0 Å². The van der Waals surface area contributed by atoms with Crippen LogP contribution in [0.4, 0.5) is 0 Å². The second kappa shape index (κ2) is 12.2. The van der Waals surface area contributed by atoms with E-state index in [4.69, 9.17) is 19.4 Å². The predicted molar refractivity (Wildman–Crippen MR) is 171 cm³/mol. The van der Waals surface area contributed by atoms with Gasteiger partial charge in [-0.15, -0.1) is 0 Å². The normalized spacial score (nSPS) is 14.0. The monoisotopic (exact) mass is 596 g/mol. The summed E-state index contributed by atoms with van der Waals surface area (Å²) in [5.41, 5.74) is 10.8. The fraction of sp³-hybridized carbons (Fsp3) is 0.294. The zero-order valence-corrected chi connectivity index (χ0v) is 25.7. The van der Waals surface area contributed by atoms with Crippen molar-refractivity contribution in [1.29, 1.82) is 0 Å². The Morgan fingerprint density at radius 3 is 1.50 bits per heavy atom. The van der Waals surface area contributed by atoms with Gasteiger partial charge in [-0.2, -0.15) is 0 Å². The van der Waals surface area contributed by atoms with Gasteiger partial charge in [-0.05, 0) is 98.2 Å². The minimum atomic E-state index is -0.323. The summed E-state index contributed by atoms with van der Waals surface area (Å²) >= 11 is 0. The van der Waals surface area contributed by atoms with Crippen molar-refractivity contribution in [2.75, 3.05) is 14.2 Å². The Kier molecular flexibility index (Phi) is 8.44.